The summed E-state index contributed by atoms with van der Waals surface area (Å²) in [5.74, 6) is 0. The largest absolute Gasteiger partial charge is 0.416 e. The van der Waals surface area contributed by atoms with Crippen LogP contribution >= 0.6 is 15.9 Å². The molecule has 0 atom stereocenters. The molecule has 0 bridgehead atoms. The van der Waals surface area contributed by atoms with Crippen molar-refractivity contribution in [3.8, 4) is 0 Å². The molecule has 0 fully saturated rings. The minimum atomic E-state index is -4.34. The van der Waals surface area contributed by atoms with Crippen LogP contribution in [0.2, 0.25) is 0 Å². The molecule has 0 unspecified atom stereocenters. The average molecular weight is 255 g/mol. The van der Waals surface area contributed by atoms with Gasteiger partial charge in [0.05, 0.1) is 5.57 Å². The van der Waals surface area contributed by atoms with E-state index in [0.717, 1.165) is 6.08 Å². The molecule has 0 aromatic heterocycles. The Kier molecular flexibility index (Phi) is 4.47. The normalized spacial score (nSPS) is 14.6. The first-order chi connectivity index (χ1) is 5.79. The van der Waals surface area contributed by atoms with E-state index in [-0.39, 0.29) is 5.57 Å². The second-order valence-corrected chi connectivity index (χ2v) is 3.43. The number of alkyl halides is 3. The standard InChI is InChI=1S/C9H10BrF3/c1-4-7(10)5-8(6(2)3)9(11,12)13/h4-5H,2H2,1,3H3/b7-4+,8-5+. The van der Waals surface area contributed by atoms with Crippen LogP contribution in [-0.2, 0) is 0 Å². The van der Waals surface area contributed by atoms with Crippen molar-refractivity contribution >= 4 is 15.9 Å². The van der Waals surface area contributed by atoms with Gasteiger partial charge in [-0.3, -0.25) is 0 Å². The third-order valence-electron chi connectivity index (χ3n) is 1.32. The van der Waals surface area contributed by atoms with Crippen LogP contribution in [0.4, 0.5) is 13.2 Å². The van der Waals surface area contributed by atoms with Crippen LogP contribution in [0.3, 0.4) is 0 Å². The topological polar surface area (TPSA) is 0 Å². The van der Waals surface area contributed by atoms with E-state index in [0.29, 0.717) is 4.48 Å². The second-order valence-electron chi connectivity index (χ2n) is 2.51. The van der Waals surface area contributed by atoms with E-state index in [1.165, 1.54) is 13.0 Å². The van der Waals surface area contributed by atoms with Gasteiger partial charge in [0.25, 0.3) is 0 Å². The van der Waals surface area contributed by atoms with Gasteiger partial charge in [0, 0.05) is 4.48 Å². The first-order valence-corrected chi connectivity index (χ1v) is 4.35. The minimum Gasteiger partial charge on any atom is -0.166 e. The summed E-state index contributed by atoms with van der Waals surface area (Å²) in [7, 11) is 0. The van der Waals surface area contributed by atoms with Crippen LogP contribution in [0.15, 0.2) is 34.4 Å². The summed E-state index contributed by atoms with van der Waals surface area (Å²) in [6.45, 7) is 6.25. The maximum absolute atomic E-state index is 12.3. The lowest BCUT2D eigenvalue weighted by Crippen LogP contribution is -2.12. The predicted molar refractivity (Wildman–Crippen MR) is 51.6 cm³/mol. The Balaban J connectivity index is 5.06. The van der Waals surface area contributed by atoms with Crippen LogP contribution in [0, 0.1) is 0 Å². The lowest BCUT2D eigenvalue weighted by atomic mass is 10.1. The second kappa shape index (κ2) is 4.65. The van der Waals surface area contributed by atoms with Crippen molar-refractivity contribution in [2.75, 3.05) is 0 Å². The zero-order valence-electron chi connectivity index (χ0n) is 7.37. The first-order valence-electron chi connectivity index (χ1n) is 3.55. The molecule has 0 aliphatic carbocycles. The molecule has 0 nitrogen and oxygen atoms in total. The Labute approximate surface area is 84.0 Å². The SMILES string of the molecule is C=C(C)/C(=C\C(Br)=C/C)C(F)(F)F. The summed E-state index contributed by atoms with van der Waals surface area (Å²) in [6, 6.07) is 0. The molecule has 0 aromatic rings. The van der Waals surface area contributed by atoms with Gasteiger partial charge in [0.15, 0.2) is 0 Å². The number of hydrogen-bond acceptors (Lipinski definition) is 0. The number of allylic oxidation sites excluding steroid dienone is 5. The Morgan fingerprint density at radius 2 is 1.85 bits per heavy atom. The number of hydrogen-bond donors (Lipinski definition) is 0. The molecule has 0 spiro atoms. The molecule has 4 heteroatoms. The Bertz CT molecular complexity index is 259. The van der Waals surface area contributed by atoms with E-state index < -0.39 is 11.7 Å². The summed E-state index contributed by atoms with van der Waals surface area (Å²) < 4.78 is 37.3. The van der Waals surface area contributed by atoms with Crippen molar-refractivity contribution in [1.29, 1.82) is 0 Å². The summed E-state index contributed by atoms with van der Waals surface area (Å²) in [5, 5.41) is 0. The molecule has 0 aromatic carbocycles. The van der Waals surface area contributed by atoms with Crippen molar-refractivity contribution in [3.63, 3.8) is 0 Å². The van der Waals surface area contributed by atoms with Crippen molar-refractivity contribution in [3.05, 3.63) is 34.4 Å². The van der Waals surface area contributed by atoms with E-state index in [9.17, 15) is 13.2 Å². The molecule has 74 valence electrons. The molecule has 0 aliphatic heterocycles. The Hall–Kier alpha value is -0.510. The summed E-state index contributed by atoms with van der Waals surface area (Å²) in [4.78, 5) is 0. The molecular formula is C9H10BrF3. The van der Waals surface area contributed by atoms with Gasteiger partial charge in [-0.1, -0.05) is 28.6 Å². The lowest BCUT2D eigenvalue weighted by Gasteiger charge is -2.10. The predicted octanol–water partition coefficient (Wildman–Crippen LogP) is 4.35. The van der Waals surface area contributed by atoms with Gasteiger partial charge in [0.1, 0.15) is 0 Å². The molecule has 0 amide bonds. The van der Waals surface area contributed by atoms with Crippen molar-refractivity contribution < 1.29 is 13.2 Å². The zero-order chi connectivity index (χ0) is 10.6. The fourth-order valence-electron chi connectivity index (χ4n) is 0.668. The van der Waals surface area contributed by atoms with Crippen LogP contribution in [0.1, 0.15) is 13.8 Å². The van der Waals surface area contributed by atoms with Gasteiger partial charge in [0.2, 0.25) is 0 Å². The molecule has 0 N–H and O–H groups in total. The van der Waals surface area contributed by atoms with E-state index in [2.05, 4.69) is 22.5 Å². The smallest absolute Gasteiger partial charge is 0.166 e. The summed E-state index contributed by atoms with van der Waals surface area (Å²) >= 11 is 2.98. The highest BCUT2D eigenvalue weighted by molar-refractivity contribution is 9.11. The van der Waals surface area contributed by atoms with Gasteiger partial charge in [-0.15, -0.1) is 0 Å². The highest BCUT2D eigenvalue weighted by Gasteiger charge is 2.33. The number of halogens is 4. The third kappa shape index (κ3) is 4.31. The zero-order valence-corrected chi connectivity index (χ0v) is 8.96. The van der Waals surface area contributed by atoms with Crippen molar-refractivity contribution in [2.24, 2.45) is 0 Å². The maximum atomic E-state index is 12.3. The molecule has 0 rings (SSSR count). The van der Waals surface area contributed by atoms with Crippen molar-refractivity contribution in [1.82, 2.24) is 0 Å². The average Bonchev–Trinajstić information content (AvgIpc) is 1.96. The van der Waals surface area contributed by atoms with Gasteiger partial charge < -0.3 is 0 Å². The van der Waals surface area contributed by atoms with Gasteiger partial charge in [-0.05, 0) is 25.5 Å². The van der Waals surface area contributed by atoms with Gasteiger partial charge >= 0.3 is 6.18 Å². The number of rotatable bonds is 2. The monoisotopic (exact) mass is 254 g/mol. The minimum absolute atomic E-state index is 0.00583. The highest BCUT2D eigenvalue weighted by Crippen LogP contribution is 2.31. The van der Waals surface area contributed by atoms with E-state index >= 15 is 0 Å². The molecule has 0 saturated heterocycles. The van der Waals surface area contributed by atoms with E-state index in [4.69, 9.17) is 0 Å². The van der Waals surface area contributed by atoms with Crippen molar-refractivity contribution in [2.45, 2.75) is 20.0 Å². The first kappa shape index (κ1) is 12.5. The fourth-order valence-corrected chi connectivity index (χ4v) is 0.897. The summed E-state index contributed by atoms with van der Waals surface area (Å²) in [6.07, 6.45) is -1.79. The molecule has 0 heterocycles. The fraction of sp³-hybridized carbons (Fsp3) is 0.333. The van der Waals surface area contributed by atoms with E-state index in [1.807, 2.05) is 0 Å². The Morgan fingerprint density at radius 1 is 1.38 bits per heavy atom. The van der Waals surface area contributed by atoms with Crippen LogP contribution in [0.5, 0.6) is 0 Å². The quantitative estimate of drug-likeness (QED) is 0.643. The summed E-state index contributed by atoms with van der Waals surface area (Å²) in [5.41, 5.74) is -0.705. The molecular weight excluding hydrogens is 245 g/mol. The molecule has 13 heavy (non-hydrogen) atoms. The van der Waals surface area contributed by atoms with Crippen LogP contribution in [0.25, 0.3) is 0 Å². The third-order valence-corrected chi connectivity index (χ3v) is 2.01. The highest BCUT2D eigenvalue weighted by atomic mass is 79.9. The van der Waals surface area contributed by atoms with Gasteiger partial charge in [-0.25, -0.2) is 0 Å². The molecule has 0 aliphatic rings. The molecule has 0 radical (unpaired) electrons. The lowest BCUT2D eigenvalue weighted by molar-refractivity contribution is -0.0892. The van der Waals surface area contributed by atoms with Crippen LogP contribution in [-0.4, -0.2) is 6.18 Å². The molecule has 0 saturated carbocycles. The van der Waals surface area contributed by atoms with Gasteiger partial charge in [-0.2, -0.15) is 13.2 Å². The maximum Gasteiger partial charge on any atom is 0.416 e. The Morgan fingerprint density at radius 3 is 2.08 bits per heavy atom. The van der Waals surface area contributed by atoms with E-state index in [1.54, 1.807) is 6.92 Å². The van der Waals surface area contributed by atoms with Crippen LogP contribution < -0.4 is 0 Å².